The van der Waals surface area contributed by atoms with Crippen molar-refractivity contribution in [1.29, 1.82) is 0 Å². The van der Waals surface area contributed by atoms with E-state index in [4.69, 9.17) is 4.74 Å². The average molecular weight is 477 g/mol. The minimum absolute atomic E-state index is 0.0138. The third-order valence-electron chi connectivity index (χ3n) is 7.02. The predicted molar refractivity (Wildman–Crippen MR) is 127 cm³/mol. The van der Waals surface area contributed by atoms with Gasteiger partial charge in [0.15, 0.2) is 0 Å². The van der Waals surface area contributed by atoms with Crippen molar-refractivity contribution in [1.82, 2.24) is 10.2 Å². The van der Waals surface area contributed by atoms with Crippen molar-refractivity contribution in [3.8, 4) is 5.75 Å². The molecule has 0 unspecified atom stereocenters. The van der Waals surface area contributed by atoms with Gasteiger partial charge in [0.1, 0.15) is 24.8 Å². The van der Waals surface area contributed by atoms with Gasteiger partial charge in [0.2, 0.25) is 5.91 Å². The molecule has 0 saturated carbocycles. The van der Waals surface area contributed by atoms with E-state index in [1.54, 1.807) is 24.3 Å². The highest BCUT2D eigenvalue weighted by atomic mass is 19.1. The van der Waals surface area contributed by atoms with Crippen molar-refractivity contribution >= 4 is 17.7 Å². The Labute approximate surface area is 201 Å². The van der Waals surface area contributed by atoms with E-state index in [1.165, 1.54) is 0 Å². The van der Waals surface area contributed by atoms with Gasteiger partial charge in [0, 0.05) is 37.8 Å². The van der Waals surface area contributed by atoms with Crippen LogP contribution in [0, 0.1) is 11.8 Å². The molecule has 2 N–H and O–H groups in total. The molecule has 3 rings (SSSR count). The monoisotopic (exact) mass is 476 g/mol. The smallest absolute Gasteiger partial charge is 0.303 e. The third-order valence-corrected chi connectivity index (χ3v) is 7.02. The molecule has 2 saturated heterocycles. The molecule has 34 heavy (non-hydrogen) atoms. The molecule has 2 atom stereocenters. The maximum Gasteiger partial charge on any atom is 0.303 e. The normalized spacial score (nSPS) is 20.0. The summed E-state index contributed by atoms with van der Waals surface area (Å²) in [4.78, 5) is 39.2. The first kappa shape index (κ1) is 26.1. The van der Waals surface area contributed by atoms with Gasteiger partial charge < -0.3 is 20.1 Å². The van der Waals surface area contributed by atoms with Crippen LogP contribution in [0.3, 0.4) is 0 Å². The Morgan fingerprint density at radius 1 is 1.12 bits per heavy atom. The van der Waals surface area contributed by atoms with Crippen LogP contribution in [0.25, 0.3) is 0 Å². The topological polar surface area (TPSA) is 95.9 Å². The highest BCUT2D eigenvalue weighted by Crippen LogP contribution is 2.30. The van der Waals surface area contributed by atoms with Gasteiger partial charge in [0.05, 0.1) is 6.42 Å². The van der Waals surface area contributed by atoms with Crippen molar-refractivity contribution in [3.05, 3.63) is 29.8 Å². The standard InChI is InChI=1S/C26H37FN2O5/c27-11-15-34-23-6-4-20(5-7-23)22(17-26(32)33)16-24(30)21-2-1-14-29(18-21)25(31)8-3-19-9-12-28-13-10-19/h4-7,19,21-22,28H,1-3,8-18H2,(H,32,33)/t21-,22+/m1/s1. The molecule has 0 aromatic heterocycles. The highest BCUT2D eigenvalue weighted by molar-refractivity contribution is 5.84. The van der Waals surface area contributed by atoms with Gasteiger partial charge in [-0.15, -0.1) is 0 Å². The first-order chi connectivity index (χ1) is 16.5. The van der Waals surface area contributed by atoms with Crippen LogP contribution >= 0.6 is 0 Å². The summed E-state index contributed by atoms with van der Waals surface area (Å²) in [6.07, 6.45) is 5.16. The molecular weight excluding hydrogens is 439 g/mol. The molecule has 8 heteroatoms. The van der Waals surface area contributed by atoms with Crippen LogP contribution in [0.15, 0.2) is 24.3 Å². The first-order valence-electron chi connectivity index (χ1n) is 12.5. The van der Waals surface area contributed by atoms with E-state index in [-0.39, 0.29) is 37.1 Å². The van der Waals surface area contributed by atoms with Crippen LogP contribution < -0.4 is 10.1 Å². The lowest BCUT2D eigenvalue weighted by molar-refractivity contribution is -0.137. The average Bonchev–Trinajstić information content (AvgIpc) is 2.86. The molecule has 7 nitrogen and oxygen atoms in total. The number of hydrogen-bond acceptors (Lipinski definition) is 5. The van der Waals surface area contributed by atoms with Crippen molar-refractivity contribution < 1.29 is 28.6 Å². The summed E-state index contributed by atoms with van der Waals surface area (Å²) >= 11 is 0. The quantitative estimate of drug-likeness (QED) is 0.479. The van der Waals surface area contributed by atoms with Gasteiger partial charge in [-0.25, -0.2) is 4.39 Å². The van der Waals surface area contributed by atoms with E-state index in [9.17, 15) is 23.9 Å². The van der Waals surface area contributed by atoms with Crippen LogP contribution in [-0.4, -0.2) is 67.1 Å². The SMILES string of the molecule is O=C(O)C[C@H](CC(=O)[C@@H]1CCCN(C(=O)CCC2CCNCC2)C1)c1ccc(OCCF)cc1. The number of rotatable bonds is 12. The van der Waals surface area contributed by atoms with Crippen LogP contribution in [0.1, 0.15) is 62.8 Å². The summed E-state index contributed by atoms with van der Waals surface area (Å²) in [5.74, 6) is -0.423. The fourth-order valence-electron chi connectivity index (χ4n) is 5.04. The minimum Gasteiger partial charge on any atom is -0.491 e. The molecule has 0 bridgehead atoms. The number of carboxylic acids is 1. The Morgan fingerprint density at radius 3 is 2.53 bits per heavy atom. The fraction of sp³-hybridized carbons (Fsp3) is 0.654. The van der Waals surface area contributed by atoms with Crippen molar-refractivity contribution in [2.75, 3.05) is 39.5 Å². The lowest BCUT2D eigenvalue weighted by Crippen LogP contribution is -2.42. The van der Waals surface area contributed by atoms with Gasteiger partial charge in [-0.2, -0.15) is 0 Å². The minimum atomic E-state index is -0.964. The van der Waals surface area contributed by atoms with Gasteiger partial charge >= 0.3 is 5.97 Å². The molecule has 0 aliphatic carbocycles. The van der Waals surface area contributed by atoms with Crippen LogP contribution in [-0.2, 0) is 14.4 Å². The van der Waals surface area contributed by atoms with Crippen molar-refractivity contribution in [3.63, 3.8) is 0 Å². The zero-order valence-electron chi connectivity index (χ0n) is 19.8. The summed E-state index contributed by atoms with van der Waals surface area (Å²) in [5, 5.41) is 12.7. The van der Waals surface area contributed by atoms with E-state index >= 15 is 0 Å². The number of benzene rings is 1. The Bertz CT molecular complexity index is 810. The second-order valence-electron chi connectivity index (χ2n) is 9.48. The van der Waals surface area contributed by atoms with Crippen LogP contribution in [0.2, 0.25) is 0 Å². The maximum absolute atomic E-state index is 13.1. The number of alkyl halides is 1. The van der Waals surface area contributed by atoms with E-state index in [1.807, 2.05) is 4.90 Å². The number of Topliss-reactive ketones (excluding diaryl/α,β-unsaturated/α-hetero) is 1. The summed E-state index contributed by atoms with van der Waals surface area (Å²) in [6, 6.07) is 6.83. The largest absolute Gasteiger partial charge is 0.491 e. The number of nitrogens with zero attached hydrogens (tertiary/aromatic N) is 1. The number of carboxylic acid groups (broad SMARTS) is 1. The van der Waals surface area contributed by atoms with Gasteiger partial charge in [-0.1, -0.05) is 12.1 Å². The Hall–Kier alpha value is -2.48. The van der Waals surface area contributed by atoms with E-state index in [2.05, 4.69) is 5.32 Å². The fourth-order valence-corrected chi connectivity index (χ4v) is 5.04. The number of amides is 1. The molecule has 1 aromatic carbocycles. The summed E-state index contributed by atoms with van der Waals surface area (Å²) in [7, 11) is 0. The number of piperidine rings is 2. The maximum atomic E-state index is 13.1. The number of carbonyl (C=O) groups is 3. The molecule has 2 heterocycles. The predicted octanol–water partition coefficient (Wildman–Crippen LogP) is 3.57. The molecule has 0 radical (unpaired) electrons. The molecule has 2 aliphatic heterocycles. The number of ether oxygens (including phenoxy) is 1. The number of nitrogens with one attached hydrogen (secondary N) is 1. The van der Waals surface area contributed by atoms with E-state index in [0.717, 1.165) is 50.8 Å². The van der Waals surface area contributed by atoms with Gasteiger partial charge in [-0.3, -0.25) is 14.4 Å². The summed E-state index contributed by atoms with van der Waals surface area (Å²) in [5.41, 5.74) is 0.745. The Kier molecular flexibility index (Phi) is 10.3. The number of hydrogen-bond donors (Lipinski definition) is 2. The molecular formula is C26H37FN2O5. The molecule has 2 fully saturated rings. The van der Waals surface area contributed by atoms with E-state index < -0.39 is 18.6 Å². The molecule has 0 spiro atoms. The number of carbonyl (C=O) groups excluding carboxylic acids is 2. The van der Waals surface area contributed by atoms with Gasteiger partial charge in [-0.05, 0) is 68.8 Å². The van der Waals surface area contributed by atoms with Crippen molar-refractivity contribution in [2.45, 2.75) is 57.3 Å². The molecule has 1 amide bonds. The first-order valence-corrected chi connectivity index (χ1v) is 12.5. The van der Waals surface area contributed by atoms with Crippen molar-refractivity contribution in [2.24, 2.45) is 11.8 Å². The second kappa shape index (κ2) is 13.4. The number of ketones is 1. The summed E-state index contributed by atoms with van der Waals surface area (Å²) < 4.78 is 17.5. The zero-order valence-corrected chi connectivity index (χ0v) is 19.8. The molecule has 1 aromatic rings. The van der Waals surface area contributed by atoms with Crippen LogP contribution in [0.4, 0.5) is 4.39 Å². The lowest BCUT2D eigenvalue weighted by Gasteiger charge is -2.33. The molecule has 2 aliphatic rings. The Balaban J connectivity index is 1.55. The van der Waals surface area contributed by atoms with Crippen LogP contribution in [0.5, 0.6) is 5.75 Å². The lowest BCUT2D eigenvalue weighted by atomic mass is 9.84. The Morgan fingerprint density at radius 2 is 1.85 bits per heavy atom. The third kappa shape index (κ3) is 8.08. The highest BCUT2D eigenvalue weighted by Gasteiger charge is 2.30. The number of halogens is 1. The molecule has 188 valence electrons. The van der Waals surface area contributed by atoms with Gasteiger partial charge in [0.25, 0.3) is 0 Å². The zero-order chi connectivity index (χ0) is 24.3. The number of aliphatic carboxylic acids is 1. The van der Waals surface area contributed by atoms with E-state index in [0.29, 0.717) is 31.2 Å². The second-order valence-corrected chi connectivity index (χ2v) is 9.48. The summed E-state index contributed by atoms with van der Waals surface area (Å²) in [6.45, 7) is 2.53. The number of likely N-dealkylation sites (tertiary alicyclic amines) is 1.